The van der Waals surface area contributed by atoms with Crippen molar-refractivity contribution in [2.75, 3.05) is 18.1 Å². The number of imidazole rings is 1. The van der Waals surface area contributed by atoms with E-state index in [9.17, 15) is 10.2 Å². The highest BCUT2D eigenvalue weighted by Gasteiger charge is 2.36. The number of fused-ring (bicyclic) bond motifs is 1. The lowest BCUT2D eigenvalue weighted by Gasteiger charge is -2.16. The average molecular weight is 325 g/mol. The Morgan fingerprint density at radius 1 is 1.50 bits per heavy atom. The summed E-state index contributed by atoms with van der Waals surface area (Å²) in [6, 6.07) is 0. The van der Waals surface area contributed by atoms with Gasteiger partial charge < -0.3 is 20.7 Å². The molecule has 4 N–H and O–H groups in total. The predicted molar refractivity (Wildman–Crippen MR) is 82.4 cm³/mol. The summed E-state index contributed by atoms with van der Waals surface area (Å²) in [4.78, 5) is 12.8. The Morgan fingerprint density at radius 2 is 2.32 bits per heavy atom. The van der Waals surface area contributed by atoms with Crippen molar-refractivity contribution in [3.05, 3.63) is 6.33 Å². The van der Waals surface area contributed by atoms with E-state index in [1.165, 1.54) is 6.33 Å². The summed E-state index contributed by atoms with van der Waals surface area (Å²) in [5.41, 5.74) is 7.00. The van der Waals surface area contributed by atoms with E-state index in [0.29, 0.717) is 23.4 Å². The minimum Gasteiger partial charge on any atom is -0.394 e. The van der Waals surface area contributed by atoms with Gasteiger partial charge in [-0.05, 0) is 6.42 Å². The molecule has 2 aromatic rings. The van der Waals surface area contributed by atoms with Gasteiger partial charge in [0.2, 0.25) is 0 Å². The van der Waals surface area contributed by atoms with Crippen molar-refractivity contribution in [2.24, 2.45) is 0 Å². The summed E-state index contributed by atoms with van der Waals surface area (Å²) in [7, 11) is 0. The number of aromatic nitrogens is 4. The van der Waals surface area contributed by atoms with Crippen LogP contribution in [0.3, 0.4) is 0 Å². The molecule has 1 saturated heterocycles. The molecule has 1 fully saturated rings. The number of anilines is 1. The molecule has 22 heavy (non-hydrogen) atoms. The van der Waals surface area contributed by atoms with Crippen molar-refractivity contribution in [1.82, 2.24) is 19.5 Å². The number of ether oxygens (including phenoxy) is 1. The van der Waals surface area contributed by atoms with Crippen LogP contribution in [0.4, 0.5) is 5.82 Å². The lowest BCUT2D eigenvalue weighted by Crippen LogP contribution is -2.24. The van der Waals surface area contributed by atoms with Crippen molar-refractivity contribution in [1.29, 1.82) is 0 Å². The van der Waals surface area contributed by atoms with Crippen LogP contribution in [0.25, 0.3) is 11.2 Å². The van der Waals surface area contributed by atoms with Crippen molar-refractivity contribution in [3.8, 4) is 0 Å². The van der Waals surface area contributed by atoms with Crippen molar-refractivity contribution in [3.63, 3.8) is 0 Å². The summed E-state index contributed by atoms with van der Waals surface area (Å²) in [6.45, 7) is 1.87. The molecular formula is C13H19N5O3S. The van der Waals surface area contributed by atoms with Crippen LogP contribution >= 0.6 is 11.8 Å². The number of nitrogen functional groups attached to an aromatic ring is 1. The van der Waals surface area contributed by atoms with Gasteiger partial charge >= 0.3 is 0 Å². The normalized spacial score (nSPS) is 25.1. The first-order valence-electron chi connectivity index (χ1n) is 7.21. The minimum atomic E-state index is -0.712. The van der Waals surface area contributed by atoms with Crippen LogP contribution < -0.4 is 5.73 Å². The lowest BCUT2D eigenvalue weighted by molar-refractivity contribution is -0.0457. The minimum absolute atomic E-state index is 0.223. The Bertz CT molecular complexity index is 664. The fourth-order valence-electron chi connectivity index (χ4n) is 2.50. The van der Waals surface area contributed by atoms with Gasteiger partial charge in [-0.3, -0.25) is 4.57 Å². The molecule has 3 atom stereocenters. The first kappa shape index (κ1) is 15.5. The van der Waals surface area contributed by atoms with Crippen LogP contribution in [0.15, 0.2) is 11.5 Å². The molecule has 0 aliphatic carbocycles. The second-order valence-corrected chi connectivity index (χ2v) is 6.22. The SMILES string of the molecule is CCCSc1nc2c(N)ncnc2n1[C@H]1C[C@H](O)[C@@H](CO)O1. The number of nitrogens with zero attached hydrogens (tertiary/aromatic N) is 4. The summed E-state index contributed by atoms with van der Waals surface area (Å²) in [6.07, 6.45) is 1.04. The zero-order valence-corrected chi connectivity index (χ0v) is 13.0. The monoisotopic (exact) mass is 325 g/mol. The van der Waals surface area contributed by atoms with E-state index in [-0.39, 0.29) is 6.61 Å². The third-order valence-corrected chi connectivity index (χ3v) is 4.74. The van der Waals surface area contributed by atoms with Crippen LogP contribution in [0.1, 0.15) is 26.0 Å². The van der Waals surface area contributed by atoms with E-state index < -0.39 is 18.4 Å². The third-order valence-electron chi connectivity index (χ3n) is 3.58. The molecule has 9 heteroatoms. The van der Waals surface area contributed by atoms with Crippen LogP contribution in [0.5, 0.6) is 0 Å². The maximum absolute atomic E-state index is 9.97. The van der Waals surface area contributed by atoms with E-state index in [1.807, 2.05) is 4.57 Å². The van der Waals surface area contributed by atoms with Gasteiger partial charge in [0.1, 0.15) is 18.7 Å². The lowest BCUT2D eigenvalue weighted by atomic mass is 10.2. The highest BCUT2D eigenvalue weighted by atomic mass is 32.2. The Hall–Kier alpha value is -1.42. The highest BCUT2D eigenvalue weighted by molar-refractivity contribution is 7.99. The van der Waals surface area contributed by atoms with Crippen LogP contribution in [0, 0.1) is 0 Å². The Labute approximate surface area is 131 Å². The van der Waals surface area contributed by atoms with Gasteiger partial charge in [0.25, 0.3) is 0 Å². The van der Waals surface area contributed by atoms with Gasteiger partial charge in [-0.25, -0.2) is 15.0 Å². The standard InChI is InChI=1S/C13H19N5O3S/c1-2-3-22-13-17-10-11(14)15-6-16-12(10)18(13)9-4-7(20)8(5-19)21-9/h6-9,19-20H,2-5H2,1H3,(H2,14,15,16)/t7-,8+,9+/m0/s1. The number of aliphatic hydroxyl groups is 2. The topological polar surface area (TPSA) is 119 Å². The van der Waals surface area contributed by atoms with Gasteiger partial charge in [-0.1, -0.05) is 18.7 Å². The highest BCUT2D eigenvalue weighted by Crippen LogP contribution is 2.35. The molecule has 0 spiro atoms. The molecule has 8 nitrogen and oxygen atoms in total. The third kappa shape index (κ3) is 2.65. The molecular weight excluding hydrogens is 306 g/mol. The average Bonchev–Trinajstić information content (AvgIpc) is 3.06. The summed E-state index contributed by atoms with van der Waals surface area (Å²) in [5.74, 6) is 1.22. The smallest absolute Gasteiger partial charge is 0.172 e. The Balaban J connectivity index is 2.04. The van der Waals surface area contributed by atoms with Crippen molar-refractivity contribution >= 4 is 28.7 Å². The molecule has 0 bridgehead atoms. The zero-order valence-electron chi connectivity index (χ0n) is 12.2. The number of hydrogen-bond donors (Lipinski definition) is 3. The largest absolute Gasteiger partial charge is 0.394 e. The van der Waals surface area contributed by atoms with Crippen LogP contribution in [0.2, 0.25) is 0 Å². The molecule has 1 aliphatic heterocycles. The fourth-order valence-corrected chi connectivity index (χ4v) is 3.38. The first-order valence-corrected chi connectivity index (χ1v) is 8.19. The van der Waals surface area contributed by atoms with Gasteiger partial charge in [-0.2, -0.15) is 0 Å². The molecule has 1 aliphatic rings. The molecule has 0 amide bonds. The molecule has 2 aromatic heterocycles. The molecule has 3 heterocycles. The number of nitrogens with two attached hydrogens (primary N) is 1. The van der Waals surface area contributed by atoms with Gasteiger partial charge in [0, 0.05) is 12.2 Å². The van der Waals surface area contributed by atoms with E-state index >= 15 is 0 Å². The maximum atomic E-state index is 9.97. The summed E-state index contributed by atoms with van der Waals surface area (Å²) < 4.78 is 7.58. The Morgan fingerprint density at radius 3 is 3.00 bits per heavy atom. The van der Waals surface area contributed by atoms with Crippen molar-refractivity contribution < 1.29 is 14.9 Å². The van der Waals surface area contributed by atoms with E-state index in [4.69, 9.17) is 10.5 Å². The quantitative estimate of drug-likeness (QED) is 0.682. The Kier molecular flexibility index (Phi) is 4.48. The van der Waals surface area contributed by atoms with Crippen molar-refractivity contribution in [2.45, 2.75) is 43.4 Å². The molecule has 0 saturated carbocycles. The van der Waals surface area contributed by atoms with E-state index in [2.05, 4.69) is 21.9 Å². The van der Waals surface area contributed by atoms with Crippen LogP contribution in [-0.2, 0) is 4.74 Å². The number of aliphatic hydroxyl groups excluding tert-OH is 2. The summed E-state index contributed by atoms with van der Waals surface area (Å²) >= 11 is 1.58. The molecule has 0 unspecified atom stereocenters. The van der Waals surface area contributed by atoms with E-state index in [1.54, 1.807) is 11.8 Å². The van der Waals surface area contributed by atoms with Gasteiger partial charge in [-0.15, -0.1) is 0 Å². The number of hydrogen-bond acceptors (Lipinski definition) is 8. The molecule has 0 aromatic carbocycles. The second-order valence-electron chi connectivity index (χ2n) is 5.16. The number of rotatable bonds is 5. The number of thioether (sulfide) groups is 1. The molecule has 0 radical (unpaired) electrons. The van der Waals surface area contributed by atoms with Crippen LogP contribution in [-0.4, -0.2) is 54.3 Å². The zero-order chi connectivity index (χ0) is 15.7. The maximum Gasteiger partial charge on any atom is 0.172 e. The van der Waals surface area contributed by atoms with Gasteiger partial charge in [0.15, 0.2) is 22.1 Å². The fraction of sp³-hybridized carbons (Fsp3) is 0.615. The molecule has 3 rings (SSSR count). The first-order chi connectivity index (χ1) is 10.7. The second kappa shape index (κ2) is 6.37. The van der Waals surface area contributed by atoms with E-state index in [0.717, 1.165) is 17.3 Å². The summed E-state index contributed by atoms with van der Waals surface area (Å²) in [5, 5.41) is 20.0. The predicted octanol–water partition coefficient (Wildman–Crippen LogP) is 0.551. The molecule has 120 valence electrons. The van der Waals surface area contributed by atoms with Gasteiger partial charge in [0.05, 0.1) is 12.7 Å².